The third kappa shape index (κ3) is 1.42. The van der Waals surface area contributed by atoms with Crippen LogP contribution in [0.2, 0.25) is 0 Å². The van der Waals surface area contributed by atoms with E-state index in [-0.39, 0.29) is 18.1 Å². The van der Waals surface area contributed by atoms with E-state index in [9.17, 15) is 14.4 Å². The van der Waals surface area contributed by atoms with Gasteiger partial charge in [-0.25, -0.2) is 0 Å². The van der Waals surface area contributed by atoms with Gasteiger partial charge in [0.2, 0.25) is 11.8 Å². The van der Waals surface area contributed by atoms with Gasteiger partial charge < -0.3 is 0 Å². The fourth-order valence-corrected chi connectivity index (χ4v) is 1.06. The van der Waals surface area contributed by atoms with Gasteiger partial charge in [0, 0.05) is 6.42 Å². The van der Waals surface area contributed by atoms with Crippen LogP contribution in [0.5, 0.6) is 0 Å². The van der Waals surface area contributed by atoms with E-state index in [0.717, 1.165) is 0 Å². The normalized spacial score (nSPS) is 22.2. The highest BCUT2D eigenvalue weighted by Gasteiger charge is 2.35. The van der Waals surface area contributed by atoms with E-state index < -0.39 is 11.8 Å². The minimum atomic E-state index is -0.838. The summed E-state index contributed by atoms with van der Waals surface area (Å²) in [4.78, 5) is 32.8. The van der Waals surface area contributed by atoms with Gasteiger partial charge in [0.25, 0.3) is 0 Å². The number of imide groups is 1. The Morgan fingerprint density at radius 2 is 2.17 bits per heavy atom. The zero-order valence-corrected chi connectivity index (χ0v) is 6.72. The summed E-state index contributed by atoms with van der Waals surface area (Å²) in [7, 11) is 0. The van der Waals surface area contributed by atoms with Crippen LogP contribution in [0, 0.1) is 5.92 Å². The van der Waals surface area contributed by atoms with Crippen LogP contribution in [0.1, 0.15) is 13.3 Å². The van der Waals surface area contributed by atoms with Gasteiger partial charge in [-0.05, 0) is 12.5 Å². The monoisotopic (exact) mass is 167 g/mol. The van der Waals surface area contributed by atoms with Gasteiger partial charge in [-0.15, -0.1) is 0 Å². The van der Waals surface area contributed by atoms with Crippen LogP contribution >= 0.6 is 0 Å². The molecule has 2 amide bonds. The minimum absolute atomic E-state index is 0.0372. The molecule has 0 aliphatic carbocycles. The van der Waals surface area contributed by atoms with Crippen molar-refractivity contribution in [3.05, 3.63) is 12.2 Å². The molecule has 1 aliphatic heterocycles. The van der Waals surface area contributed by atoms with Crippen molar-refractivity contribution in [3.8, 4) is 0 Å². The SMILES string of the molecule is C=C(C)C(=O)C1CC(=O)NC1=O. The van der Waals surface area contributed by atoms with Gasteiger partial charge in [0.1, 0.15) is 5.92 Å². The molecule has 0 aromatic carbocycles. The summed E-state index contributed by atoms with van der Waals surface area (Å²) in [5, 5.41) is 2.06. The number of hydrogen-bond acceptors (Lipinski definition) is 3. The van der Waals surface area contributed by atoms with Crippen LogP contribution in [-0.4, -0.2) is 17.6 Å². The van der Waals surface area contributed by atoms with E-state index in [1.165, 1.54) is 6.92 Å². The predicted octanol–water partition coefficient (Wildman–Crippen LogP) is -0.206. The summed E-state index contributed by atoms with van der Waals surface area (Å²) in [5.74, 6) is -2.08. The van der Waals surface area contributed by atoms with Crippen molar-refractivity contribution in [1.29, 1.82) is 0 Å². The molecule has 4 nitrogen and oxygen atoms in total. The number of allylic oxidation sites excluding steroid dienone is 1. The second-order valence-corrected chi connectivity index (χ2v) is 2.81. The molecular formula is C8H9NO3. The molecule has 0 aromatic heterocycles. The van der Waals surface area contributed by atoms with E-state index in [4.69, 9.17) is 0 Å². The Kier molecular flexibility index (Phi) is 2.08. The second-order valence-electron chi connectivity index (χ2n) is 2.81. The van der Waals surface area contributed by atoms with Gasteiger partial charge in [0.05, 0.1) is 0 Å². The number of carbonyl (C=O) groups excluding carboxylic acids is 3. The molecule has 1 rings (SSSR count). The Morgan fingerprint density at radius 3 is 2.50 bits per heavy atom. The molecule has 4 heteroatoms. The third-order valence-electron chi connectivity index (χ3n) is 1.71. The highest BCUT2D eigenvalue weighted by Crippen LogP contribution is 2.14. The topological polar surface area (TPSA) is 63.2 Å². The molecule has 0 saturated carbocycles. The standard InChI is InChI=1S/C8H9NO3/c1-4(2)7(11)5-3-6(10)9-8(5)12/h5H,1,3H2,2H3,(H,9,10,12). The second kappa shape index (κ2) is 2.89. The molecule has 12 heavy (non-hydrogen) atoms. The van der Waals surface area contributed by atoms with Crippen molar-refractivity contribution in [3.63, 3.8) is 0 Å². The number of amides is 2. The van der Waals surface area contributed by atoms with E-state index in [1.807, 2.05) is 0 Å². The van der Waals surface area contributed by atoms with Crippen LogP contribution in [-0.2, 0) is 14.4 Å². The average molecular weight is 167 g/mol. The van der Waals surface area contributed by atoms with Gasteiger partial charge in [0.15, 0.2) is 5.78 Å². The Morgan fingerprint density at radius 1 is 1.58 bits per heavy atom. The Labute approximate surface area is 69.6 Å². The first kappa shape index (κ1) is 8.64. The lowest BCUT2D eigenvalue weighted by Gasteiger charge is -2.02. The lowest BCUT2D eigenvalue weighted by molar-refractivity contribution is -0.129. The average Bonchev–Trinajstić information content (AvgIpc) is 2.28. The van der Waals surface area contributed by atoms with E-state index in [2.05, 4.69) is 11.9 Å². The molecule has 0 bridgehead atoms. The molecular weight excluding hydrogens is 158 g/mol. The first-order chi connectivity index (χ1) is 5.52. The summed E-state index contributed by atoms with van der Waals surface area (Å²) in [6, 6.07) is 0. The van der Waals surface area contributed by atoms with Crippen LogP contribution in [0.15, 0.2) is 12.2 Å². The lowest BCUT2D eigenvalue weighted by Crippen LogP contribution is -2.26. The van der Waals surface area contributed by atoms with Gasteiger partial charge in [-0.3, -0.25) is 19.7 Å². The number of hydrogen-bond donors (Lipinski definition) is 1. The molecule has 1 saturated heterocycles. The molecule has 0 aromatic rings. The van der Waals surface area contributed by atoms with Crippen molar-refractivity contribution in [2.24, 2.45) is 5.92 Å². The van der Waals surface area contributed by atoms with Gasteiger partial charge >= 0.3 is 0 Å². The smallest absolute Gasteiger partial charge is 0.238 e. The Bertz CT molecular complexity index is 280. The van der Waals surface area contributed by atoms with E-state index in [0.29, 0.717) is 5.57 Å². The van der Waals surface area contributed by atoms with Crippen molar-refractivity contribution >= 4 is 17.6 Å². The molecule has 0 spiro atoms. The first-order valence-corrected chi connectivity index (χ1v) is 3.56. The highest BCUT2D eigenvalue weighted by atomic mass is 16.2. The molecule has 1 aliphatic rings. The molecule has 64 valence electrons. The summed E-state index contributed by atoms with van der Waals surface area (Å²) in [6.07, 6.45) is -0.0372. The number of rotatable bonds is 2. The number of Topliss-reactive ketones (excluding diaryl/α,β-unsaturated/α-hetero) is 1. The van der Waals surface area contributed by atoms with Crippen LogP contribution in [0.3, 0.4) is 0 Å². The predicted molar refractivity (Wildman–Crippen MR) is 41.1 cm³/mol. The summed E-state index contributed by atoms with van der Waals surface area (Å²) in [6.45, 7) is 4.94. The van der Waals surface area contributed by atoms with Crippen LogP contribution < -0.4 is 5.32 Å². The Hall–Kier alpha value is -1.45. The largest absolute Gasteiger partial charge is 0.296 e. The summed E-state index contributed by atoms with van der Waals surface area (Å²) < 4.78 is 0. The maximum absolute atomic E-state index is 11.2. The summed E-state index contributed by atoms with van der Waals surface area (Å²) in [5.41, 5.74) is 0.310. The van der Waals surface area contributed by atoms with Gasteiger partial charge in [-0.2, -0.15) is 0 Å². The van der Waals surface area contributed by atoms with Crippen molar-refractivity contribution in [2.75, 3.05) is 0 Å². The maximum Gasteiger partial charge on any atom is 0.238 e. The molecule has 0 radical (unpaired) electrons. The highest BCUT2D eigenvalue weighted by molar-refractivity contribution is 6.18. The minimum Gasteiger partial charge on any atom is -0.296 e. The molecule has 1 atom stereocenters. The third-order valence-corrected chi connectivity index (χ3v) is 1.71. The Balaban J connectivity index is 2.77. The van der Waals surface area contributed by atoms with Crippen LogP contribution in [0.25, 0.3) is 0 Å². The summed E-state index contributed by atoms with van der Waals surface area (Å²) >= 11 is 0. The van der Waals surface area contributed by atoms with Gasteiger partial charge in [-0.1, -0.05) is 6.58 Å². The molecule has 1 fully saturated rings. The molecule has 1 unspecified atom stereocenters. The van der Waals surface area contributed by atoms with Crippen LogP contribution in [0.4, 0.5) is 0 Å². The van der Waals surface area contributed by atoms with E-state index in [1.54, 1.807) is 0 Å². The number of ketones is 1. The fourth-order valence-electron chi connectivity index (χ4n) is 1.06. The maximum atomic E-state index is 11.2. The molecule has 1 heterocycles. The zero-order chi connectivity index (χ0) is 9.30. The number of carbonyl (C=O) groups is 3. The lowest BCUT2D eigenvalue weighted by atomic mass is 9.98. The van der Waals surface area contributed by atoms with Crippen molar-refractivity contribution < 1.29 is 14.4 Å². The number of nitrogens with one attached hydrogen (secondary N) is 1. The molecule has 1 N–H and O–H groups in total. The quantitative estimate of drug-likeness (QED) is 0.352. The fraction of sp³-hybridized carbons (Fsp3) is 0.375. The van der Waals surface area contributed by atoms with E-state index >= 15 is 0 Å². The first-order valence-electron chi connectivity index (χ1n) is 3.56. The van der Waals surface area contributed by atoms with Crippen molar-refractivity contribution in [2.45, 2.75) is 13.3 Å². The zero-order valence-electron chi connectivity index (χ0n) is 6.72. The van der Waals surface area contributed by atoms with Crippen molar-refractivity contribution in [1.82, 2.24) is 5.32 Å².